The van der Waals surface area contributed by atoms with Gasteiger partial charge >= 0.3 is 18.2 Å². The molecule has 7 nitrogen and oxygen atoms in total. The van der Waals surface area contributed by atoms with Gasteiger partial charge in [0.1, 0.15) is 17.5 Å². The molecule has 11 heteroatoms. The van der Waals surface area contributed by atoms with Crippen molar-refractivity contribution in [1.29, 1.82) is 0 Å². The summed E-state index contributed by atoms with van der Waals surface area (Å²) in [6, 6.07) is 11.2. The molecule has 1 saturated heterocycles. The molecule has 238 valence electrons. The highest BCUT2D eigenvalue weighted by Crippen LogP contribution is 2.46. The third kappa shape index (κ3) is 6.66. The van der Waals surface area contributed by atoms with Gasteiger partial charge in [-0.3, -0.25) is 4.90 Å². The van der Waals surface area contributed by atoms with Gasteiger partial charge in [-0.1, -0.05) is 43.1 Å². The zero-order valence-electron chi connectivity index (χ0n) is 25.6. The number of carbonyl (C=O) groups excluding carboxylic acids is 1. The zero-order chi connectivity index (χ0) is 32.8. The lowest BCUT2D eigenvalue weighted by molar-refractivity contribution is -0.137. The Morgan fingerprint density at radius 2 is 1.91 bits per heavy atom. The molecule has 1 fully saturated rings. The van der Waals surface area contributed by atoms with Gasteiger partial charge in [-0.15, -0.1) is 0 Å². The molecule has 1 aromatic heterocycles. The summed E-state index contributed by atoms with van der Waals surface area (Å²) in [4.78, 5) is 31.2. The SMILES string of the molecule is COc1ccc(-c2ccc(C(=O)O)cc2Cl)nc1C1=C(CN2C(=O)O[C@H](c3cc(C)cc(C(F)(F)F)c3)[C@@H]2C)CC(C)(C)CC1. The van der Waals surface area contributed by atoms with Gasteiger partial charge < -0.3 is 14.6 Å². The predicted octanol–water partition coefficient (Wildman–Crippen LogP) is 8.98. The standard InChI is InChI=1S/C34H34ClF3N2O5/c1-18-12-21(14-23(13-18)34(36,37)38)30-19(2)40(32(43)45-30)17-22-16-33(3,4)11-10-24(22)29-28(44-5)9-8-27(39-29)25-7-6-20(31(41)42)15-26(25)35/h6-9,12-15,19,30H,10-11,16-17H2,1-5H3,(H,41,42)/t19-,30-/m0/s1. The Morgan fingerprint density at radius 1 is 1.18 bits per heavy atom. The van der Waals surface area contributed by atoms with Crippen LogP contribution in [-0.2, 0) is 10.9 Å². The molecule has 2 aromatic carbocycles. The van der Waals surface area contributed by atoms with E-state index in [1.807, 2.05) is 0 Å². The average Bonchev–Trinajstić information content (AvgIpc) is 3.24. The van der Waals surface area contributed by atoms with E-state index in [-0.39, 0.29) is 22.5 Å². The molecule has 3 aromatic rings. The number of amides is 1. The van der Waals surface area contributed by atoms with E-state index in [2.05, 4.69) is 13.8 Å². The van der Waals surface area contributed by atoms with Gasteiger partial charge in [-0.05, 0) is 91.6 Å². The summed E-state index contributed by atoms with van der Waals surface area (Å²) in [5.41, 5.74) is 3.45. The molecule has 1 aliphatic carbocycles. The molecule has 2 atom stereocenters. The maximum atomic E-state index is 13.6. The van der Waals surface area contributed by atoms with Crippen molar-refractivity contribution in [2.24, 2.45) is 5.41 Å². The summed E-state index contributed by atoms with van der Waals surface area (Å²) in [7, 11) is 1.55. The van der Waals surface area contributed by atoms with Crippen LogP contribution < -0.4 is 4.74 Å². The lowest BCUT2D eigenvalue weighted by Gasteiger charge is -2.35. The van der Waals surface area contributed by atoms with Crippen molar-refractivity contribution in [3.63, 3.8) is 0 Å². The highest BCUT2D eigenvalue weighted by Gasteiger charge is 2.42. The molecule has 5 rings (SSSR count). The first-order valence-corrected chi connectivity index (χ1v) is 14.9. The number of alkyl halides is 3. The Labute approximate surface area is 264 Å². The predicted molar refractivity (Wildman–Crippen MR) is 164 cm³/mol. The van der Waals surface area contributed by atoms with Gasteiger partial charge in [0.25, 0.3) is 0 Å². The first-order chi connectivity index (χ1) is 21.1. The second kappa shape index (κ2) is 12.0. The number of ether oxygens (including phenoxy) is 2. The smallest absolute Gasteiger partial charge is 0.416 e. The zero-order valence-corrected chi connectivity index (χ0v) is 26.3. The number of cyclic esters (lactones) is 1. The van der Waals surface area contributed by atoms with Crippen LogP contribution in [0.4, 0.5) is 18.0 Å². The van der Waals surface area contributed by atoms with Crippen molar-refractivity contribution in [3.8, 4) is 17.0 Å². The minimum Gasteiger partial charge on any atom is -0.494 e. The van der Waals surface area contributed by atoms with Crippen LogP contribution in [-0.4, -0.2) is 46.7 Å². The van der Waals surface area contributed by atoms with Crippen molar-refractivity contribution in [3.05, 3.63) is 87.1 Å². The number of benzene rings is 2. The van der Waals surface area contributed by atoms with Crippen LogP contribution in [0.15, 0.2) is 54.1 Å². The van der Waals surface area contributed by atoms with E-state index in [1.165, 1.54) is 12.1 Å². The van der Waals surface area contributed by atoms with Crippen LogP contribution in [0.5, 0.6) is 5.75 Å². The number of carbonyl (C=O) groups is 2. The van der Waals surface area contributed by atoms with Gasteiger partial charge in [-0.25, -0.2) is 14.6 Å². The molecule has 0 saturated carbocycles. The Morgan fingerprint density at radius 3 is 2.56 bits per heavy atom. The van der Waals surface area contributed by atoms with Crippen LogP contribution in [0.2, 0.25) is 5.02 Å². The topological polar surface area (TPSA) is 89.0 Å². The van der Waals surface area contributed by atoms with E-state index < -0.39 is 35.9 Å². The first kappa shape index (κ1) is 32.3. The molecule has 1 aliphatic heterocycles. The number of nitrogens with zero attached hydrogens (tertiary/aromatic N) is 2. The van der Waals surface area contributed by atoms with E-state index in [4.69, 9.17) is 26.1 Å². The van der Waals surface area contributed by atoms with Crippen molar-refractivity contribution < 1.29 is 37.3 Å². The van der Waals surface area contributed by atoms with E-state index >= 15 is 0 Å². The van der Waals surface area contributed by atoms with Crippen LogP contribution in [0, 0.1) is 12.3 Å². The van der Waals surface area contributed by atoms with Crippen LogP contribution in [0.1, 0.15) is 78.9 Å². The van der Waals surface area contributed by atoms with Crippen LogP contribution >= 0.6 is 11.6 Å². The highest BCUT2D eigenvalue weighted by molar-refractivity contribution is 6.33. The maximum Gasteiger partial charge on any atom is 0.416 e. The van der Waals surface area contributed by atoms with E-state index in [1.54, 1.807) is 50.1 Å². The van der Waals surface area contributed by atoms with Crippen molar-refractivity contribution in [2.45, 2.75) is 65.3 Å². The second-order valence-electron chi connectivity index (χ2n) is 12.5. The fourth-order valence-corrected chi connectivity index (χ4v) is 6.47. The van der Waals surface area contributed by atoms with Gasteiger partial charge in [0.15, 0.2) is 0 Å². The third-order valence-corrected chi connectivity index (χ3v) is 8.85. The second-order valence-corrected chi connectivity index (χ2v) is 12.9. The lowest BCUT2D eigenvalue weighted by atomic mass is 9.73. The van der Waals surface area contributed by atoms with E-state index in [0.29, 0.717) is 46.7 Å². The van der Waals surface area contributed by atoms with Crippen LogP contribution in [0.3, 0.4) is 0 Å². The van der Waals surface area contributed by atoms with Gasteiger partial charge in [0.2, 0.25) is 0 Å². The largest absolute Gasteiger partial charge is 0.494 e. The van der Waals surface area contributed by atoms with E-state index in [0.717, 1.165) is 29.7 Å². The summed E-state index contributed by atoms with van der Waals surface area (Å²) >= 11 is 6.47. The number of aromatic carboxylic acids is 1. The molecular weight excluding hydrogens is 609 g/mol. The van der Waals surface area contributed by atoms with Crippen molar-refractivity contribution in [1.82, 2.24) is 9.88 Å². The Balaban J connectivity index is 1.54. The quantitative estimate of drug-likeness (QED) is 0.277. The van der Waals surface area contributed by atoms with Crippen LogP contribution in [0.25, 0.3) is 16.8 Å². The summed E-state index contributed by atoms with van der Waals surface area (Å²) in [6.07, 6.45) is -3.85. The van der Waals surface area contributed by atoms with Gasteiger partial charge in [0, 0.05) is 12.1 Å². The number of aromatic nitrogens is 1. The molecule has 0 spiro atoms. The number of carboxylic acid groups (broad SMARTS) is 1. The molecule has 0 bridgehead atoms. The number of halogens is 4. The van der Waals surface area contributed by atoms with Gasteiger partial charge in [0.05, 0.1) is 35.0 Å². The molecule has 2 aliphatic rings. The lowest BCUT2D eigenvalue weighted by Crippen LogP contribution is -2.35. The minimum absolute atomic E-state index is 0.0576. The number of hydrogen-bond donors (Lipinski definition) is 1. The van der Waals surface area contributed by atoms with Gasteiger partial charge in [-0.2, -0.15) is 13.2 Å². The Kier molecular flexibility index (Phi) is 8.65. The number of rotatable bonds is 7. The third-order valence-electron chi connectivity index (χ3n) is 8.54. The monoisotopic (exact) mass is 642 g/mol. The molecule has 2 heterocycles. The Hall–Kier alpha value is -4.05. The maximum absolute atomic E-state index is 13.6. The average molecular weight is 643 g/mol. The number of aryl methyl sites for hydroxylation is 1. The summed E-state index contributed by atoms with van der Waals surface area (Å²) in [6.45, 7) is 7.86. The molecule has 0 radical (unpaired) electrons. The molecule has 45 heavy (non-hydrogen) atoms. The van der Waals surface area contributed by atoms with Crippen molar-refractivity contribution >= 4 is 29.2 Å². The summed E-state index contributed by atoms with van der Waals surface area (Å²) < 4.78 is 52.1. The molecule has 1 amide bonds. The molecule has 1 N–H and O–H groups in total. The normalized spacial score (nSPS) is 19.9. The summed E-state index contributed by atoms with van der Waals surface area (Å²) in [5.74, 6) is -0.565. The molecule has 0 unspecified atom stereocenters. The fourth-order valence-electron chi connectivity index (χ4n) is 6.19. The Bertz CT molecular complexity index is 1700. The van der Waals surface area contributed by atoms with E-state index in [9.17, 15) is 27.9 Å². The highest BCUT2D eigenvalue weighted by atomic mass is 35.5. The number of allylic oxidation sites excluding steroid dienone is 1. The number of methoxy groups -OCH3 is 1. The molecular formula is C34H34ClF3N2O5. The summed E-state index contributed by atoms with van der Waals surface area (Å²) in [5, 5.41) is 9.58. The minimum atomic E-state index is -4.52. The fraction of sp³-hybridized carbons (Fsp3) is 0.382. The number of pyridine rings is 1. The number of carboxylic acids is 1. The first-order valence-electron chi connectivity index (χ1n) is 14.5. The number of hydrogen-bond acceptors (Lipinski definition) is 5. The van der Waals surface area contributed by atoms with Crippen molar-refractivity contribution in [2.75, 3.05) is 13.7 Å².